The maximum Gasteiger partial charge on any atom is 0.330 e. The third-order valence-electron chi connectivity index (χ3n) is 7.53. The van der Waals surface area contributed by atoms with Crippen LogP contribution in [0.15, 0.2) is 61.3 Å². The van der Waals surface area contributed by atoms with E-state index in [1.165, 1.54) is 11.0 Å². The summed E-state index contributed by atoms with van der Waals surface area (Å²) in [6.45, 7) is 5.85. The number of urea groups is 1. The van der Waals surface area contributed by atoms with Gasteiger partial charge in [-0.15, -0.1) is 0 Å². The minimum absolute atomic E-state index is 0.241. The molecule has 1 saturated heterocycles. The first kappa shape index (κ1) is 27.9. The topological polar surface area (TPSA) is 106 Å². The summed E-state index contributed by atoms with van der Waals surface area (Å²) >= 11 is 0. The number of amides is 3. The van der Waals surface area contributed by atoms with Gasteiger partial charge in [-0.1, -0.05) is 12.6 Å². The van der Waals surface area contributed by atoms with E-state index in [4.69, 9.17) is 9.72 Å². The summed E-state index contributed by atoms with van der Waals surface area (Å²) in [6.07, 6.45) is 5.15. The number of carbonyl (C=O) groups excluding carboxylic acids is 2. The van der Waals surface area contributed by atoms with Gasteiger partial charge in [-0.2, -0.15) is 4.98 Å². The second-order valence-electron chi connectivity index (χ2n) is 10.5. The molecule has 0 spiro atoms. The number of aromatic nitrogens is 2. The smallest absolute Gasteiger partial charge is 0.330 e. The standard InChI is InChI=1S/C30H36N8O3/c1-6-27(39)32-21-8-7-9-24(16-21)38-28-20(19-36(4)30(38)40)18-31-29(34-28)33-25-11-10-23(17-26(25)41-5)37-14-12-22(13-15-37)35(2)3/h6-11,16-18,22H,1,12-15,19H2,2-5H3,(H,32,39)(H,31,33,34). The van der Waals surface area contributed by atoms with E-state index in [0.29, 0.717) is 41.5 Å². The predicted octanol–water partition coefficient (Wildman–Crippen LogP) is 4.59. The Balaban J connectivity index is 1.41. The van der Waals surface area contributed by atoms with Crippen LogP contribution in [0.3, 0.4) is 0 Å². The van der Waals surface area contributed by atoms with Crippen molar-refractivity contribution in [2.24, 2.45) is 0 Å². The van der Waals surface area contributed by atoms with Crippen LogP contribution >= 0.6 is 0 Å². The molecule has 3 heterocycles. The zero-order valence-electron chi connectivity index (χ0n) is 23.9. The Morgan fingerprint density at radius 3 is 2.63 bits per heavy atom. The van der Waals surface area contributed by atoms with Crippen LogP contribution in [0.5, 0.6) is 5.75 Å². The first-order valence-corrected chi connectivity index (χ1v) is 13.6. The van der Waals surface area contributed by atoms with Crippen molar-refractivity contribution in [2.75, 3.05) is 61.8 Å². The normalized spacial score (nSPS) is 15.5. The highest BCUT2D eigenvalue weighted by molar-refractivity contribution is 6.03. The molecule has 41 heavy (non-hydrogen) atoms. The minimum Gasteiger partial charge on any atom is -0.494 e. The van der Waals surface area contributed by atoms with Crippen molar-refractivity contribution >= 4 is 46.5 Å². The van der Waals surface area contributed by atoms with E-state index >= 15 is 0 Å². The lowest BCUT2D eigenvalue weighted by Gasteiger charge is -2.36. The molecule has 214 valence electrons. The van der Waals surface area contributed by atoms with Crippen LogP contribution in [0.25, 0.3) is 0 Å². The summed E-state index contributed by atoms with van der Waals surface area (Å²) in [6, 6.07) is 13.5. The molecule has 2 aliphatic heterocycles. The molecular weight excluding hydrogens is 520 g/mol. The van der Waals surface area contributed by atoms with Gasteiger partial charge in [-0.05, 0) is 63.3 Å². The lowest BCUT2D eigenvalue weighted by Crippen LogP contribution is -2.43. The number of anilines is 6. The van der Waals surface area contributed by atoms with Gasteiger partial charge in [0, 0.05) is 55.4 Å². The fraction of sp³-hybridized carbons (Fsp3) is 0.333. The van der Waals surface area contributed by atoms with Crippen molar-refractivity contribution in [2.45, 2.75) is 25.4 Å². The predicted molar refractivity (Wildman–Crippen MR) is 162 cm³/mol. The van der Waals surface area contributed by atoms with Crippen LogP contribution in [0.4, 0.5) is 39.3 Å². The number of benzene rings is 2. The minimum atomic E-state index is -0.337. The van der Waals surface area contributed by atoms with Gasteiger partial charge in [0.25, 0.3) is 0 Å². The molecule has 2 aliphatic rings. The maximum absolute atomic E-state index is 13.3. The number of rotatable bonds is 8. The number of hydrogen-bond acceptors (Lipinski definition) is 8. The fourth-order valence-electron chi connectivity index (χ4n) is 5.24. The average Bonchev–Trinajstić information content (AvgIpc) is 2.98. The lowest BCUT2D eigenvalue weighted by atomic mass is 10.0. The molecule has 0 unspecified atom stereocenters. The van der Waals surface area contributed by atoms with Crippen LogP contribution in [0.2, 0.25) is 0 Å². The Morgan fingerprint density at radius 2 is 1.93 bits per heavy atom. The molecular formula is C30H36N8O3. The number of methoxy groups -OCH3 is 1. The number of fused-ring (bicyclic) bond motifs is 1. The van der Waals surface area contributed by atoms with Gasteiger partial charge < -0.3 is 30.1 Å². The quantitative estimate of drug-likeness (QED) is 0.388. The van der Waals surface area contributed by atoms with Crippen LogP contribution < -0.4 is 25.2 Å². The van der Waals surface area contributed by atoms with Crippen molar-refractivity contribution < 1.29 is 14.3 Å². The first-order valence-electron chi connectivity index (χ1n) is 13.6. The van der Waals surface area contributed by atoms with Gasteiger partial charge >= 0.3 is 6.03 Å². The maximum atomic E-state index is 13.3. The third kappa shape index (κ3) is 5.94. The van der Waals surface area contributed by atoms with Gasteiger partial charge in [0.1, 0.15) is 5.75 Å². The van der Waals surface area contributed by atoms with Crippen LogP contribution in [-0.4, -0.2) is 79.1 Å². The number of hydrogen-bond donors (Lipinski definition) is 2. The molecule has 3 amide bonds. The zero-order chi connectivity index (χ0) is 29.1. The van der Waals surface area contributed by atoms with E-state index in [9.17, 15) is 9.59 Å². The van der Waals surface area contributed by atoms with E-state index in [1.54, 1.807) is 49.5 Å². The van der Waals surface area contributed by atoms with Gasteiger partial charge in [-0.25, -0.2) is 14.7 Å². The number of carbonyl (C=O) groups is 2. The molecule has 0 aliphatic carbocycles. The summed E-state index contributed by atoms with van der Waals surface area (Å²) in [5, 5.41) is 6.02. The van der Waals surface area contributed by atoms with E-state index in [-0.39, 0.29) is 11.9 Å². The fourth-order valence-corrected chi connectivity index (χ4v) is 5.24. The molecule has 11 nitrogen and oxygen atoms in total. The Morgan fingerprint density at radius 1 is 1.15 bits per heavy atom. The van der Waals surface area contributed by atoms with Gasteiger partial charge in [0.15, 0.2) is 5.82 Å². The summed E-state index contributed by atoms with van der Waals surface area (Å²) < 4.78 is 5.73. The van der Waals surface area contributed by atoms with Crippen molar-refractivity contribution in [3.63, 3.8) is 0 Å². The summed E-state index contributed by atoms with van der Waals surface area (Å²) in [5.41, 5.74) is 3.73. The molecule has 0 bridgehead atoms. The van der Waals surface area contributed by atoms with Crippen molar-refractivity contribution in [3.05, 3.63) is 66.9 Å². The van der Waals surface area contributed by atoms with E-state index in [1.807, 2.05) is 12.1 Å². The highest BCUT2D eigenvalue weighted by Crippen LogP contribution is 2.36. The largest absolute Gasteiger partial charge is 0.494 e. The van der Waals surface area contributed by atoms with Gasteiger partial charge in [0.2, 0.25) is 11.9 Å². The number of nitrogens with zero attached hydrogens (tertiary/aromatic N) is 6. The SMILES string of the molecule is C=CC(=O)Nc1cccc(N2C(=O)N(C)Cc3cnc(Nc4ccc(N5CCC(N(C)C)CC5)cc4OC)nc32)c1. The van der Waals surface area contributed by atoms with Gasteiger partial charge in [0.05, 0.1) is 25.0 Å². The second kappa shape index (κ2) is 11.8. The lowest BCUT2D eigenvalue weighted by molar-refractivity contribution is -0.111. The zero-order valence-corrected chi connectivity index (χ0v) is 23.9. The highest BCUT2D eigenvalue weighted by atomic mass is 16.5. The molecule has 1 fully saturated rings. The molecule has 2 aromatic carbocycles. The Kier molecular flexibility index (Phi) is 8.06. The number of nitrogens with one attached hydrogen (secondary N) is 2. The Hall–Kier alpha value is -4.64. The average molecular weight is 557 g/mol. The molecule has 0 radical (unpaired) electrons. The van der Waals surface area contributed by atoms with E-state index in [0.717, 1.165) is 42.9 Å². The second-order valence-corrected chi connectivity index (χ2v) is 10.5. The molecule has 2 N–H and O–H groups in total. The van der Waals surface area contributed by atoms with E-state index in [2.05, 4.69) is 52.2 Å². The molecule has 11 heteroatoms. The summed E-state index contributed by atoms with van der Waals surface area (Å²) in [5.74, 6) is 1.14. The van der Waals surface area contributed by atoms with Crippen molar-refractivity contribution in [3.8, 4) is 5.75 Å². The third-order valence-corrected chi connectivity index (χ3v) is 7.53. The summed E-state index contributed by atoms with van der Waals surface area (Å²) in [4.78, 5) is 42.3. The van der Waals surface area contributed by atoms with Crippen molar-refractivity contribution in [1.82, 2.24) is 19.8 Å². The number of piperidine rings is 1. The molecule has 3 aromatic rings. The monoisotopic (exact) mass is 556 g/mol. The Bertz CT molecular complexity index is 1450. The highest BCUT2D eigenvalue weighted by Gasteiger charge is 2.32. The molecule has 0 saturated carbocycles. The van der Waals surface area contributed by atoms with Crippen molar-refractivity contribution in [1.29, 1.82) is 0 Å². The van der Waals surface area contributed by atoms with Crippen LogP contribution in [0.1, 0.15) is 18.4 Å². The van der Waals surface area contributed by atoms with Crippen LogP contribution in [-0.2, 0) is 11.3 Å². The molecule has 0 atom stereocenters. The van der Waals surface area contributed by atoms with E-state index < -0.39 is 0 Å². The van der Waals surface area contributed by atoms with Gasteiger partial charge in [-0.3, -0.25) is 4.79 Å². The first-order chi connectivity index (χ1) is 19.8. The molecule has 1 aromatic heterocycles. The summed E-state index contributed by atoms with van der Waals surface area (Å²) in [7, 11) is 7.65. The Labute approximate surface area is 240 Å². The molecule has 5 rings (SSSR count). The number of ether oxygens (including phenoxy) is 1. The van der Waals surface area contributed by atoms with Crippen LogP contribution in [0, 0.1) is 0 Å².